The molecule has 0 atom stereocenters. The summed E-state index contributed by atoms with van der Waals surface area (Å²) in [6.07, 6.45) is 0. The van der Waals surface area contributed by atoms with Gasteiger partial charge in [0.05, 0.1) is 0 Å². The van der Waals surface area contributed by atoms with Crippen molar-refractivity contribution in [3.8, 4) is 0 Å². The second-order valence-electron chi connectivity index (χ2n) is 2.30. The van der Waals surface area contributed by atoms with Gasteiger partial charge in [-0.3, -0.25) is 0 Å². The second-order valence-corrected chi connectivity index (χ2v) is 6.73. The van der Waals surface area contributed by atoms with E-state index in [0.717, 1.165) is 0 Å². The SMILES string of the molecule is C[Si](C)(C)O[C]=O. The first-order valence-electron chi connectivity index (χ1n) is 2.11. The fourth-order valence-corrected chi connectivity index (χ4v) is 0.375. The zero-order chi connectivity index (χ0) is 5.91. The third-order valence-electron chi connectivity index (χ3n) is 0.348. The standard InChI is InChI=1S/C4H9O2Si/c1-7(2,3)6-4-5/h1-3H3. The molecule has 3 heteroatoms. The maximum Gasteiger partial charge on any atom is 0.402 e. The molecule has 0 saturated carbocycles. The van der Waals surface area contributed by atoms with E-state index in [0.29, 0.717) is 0 Å². The Morgan fingerprint density at radius 1 is 1.43 bits per heavy atom. The molecule has 0 saturated heterocycles. The van der Waals surface area contributed by atoms with E-state index in [1.54, 1.807) is 0 Å². The van der Waals surface area contributed by atoms with Crippen molar-refractivity contribution in [1.29, 1.82) is 0 Å². The molecule has 0 aromatic heterocycles. The van der Waals surface area contributed by atoms with Crippen LogP contribution in [-0.2, 0) is 9.22 Å². The van der Waals surface area contributed by atoms with Gasteiger partial charge in [0, 0.05) is 0 Å². The highest BCUT2D eigenvalue weighted by molar-refractivity contribution is 6.70. The molecule has 0 aromatic carbocycles. The number of hydrogen-bond donors (Lipinski definition) is 0. The van der Waals surface area contributed by atoms with E-state index in [1.807, 2.05) is 19.6 Å². The van der Waals surface area contributed by atoms with Crippen LogP contribution < -0.4 is 0 Å². The third kappa shape index (κ3) is 5.69. The summed E-state index contributed by atoms with van der Waals surface area (Å²) in [4.78, 5) is 9.51. The van der Waals surface area contributed by atoms with Crippen molar-refractivity contribution in [1.82, 2.24) is 0 Å². The van der Waals surface area contributed by atoms with Crippen LogP contribution in [0.2, 0.25) is 19.6 Å². The molecule has 0 aliphatic heterocycles. The van der Waals surface area contributed by atoms with Crippen LogP contribution >= 0.6 is 0 Å². The zero-order valence-electron chi connectivity index (χ0n) is 4.82. The lowest BCUT2D eigenvalue weighted by atomic mass is 11.7. The summed E-state index contributed by atoms with van der Waals surface area (Å²) in [7, 11) is -1.58. The highest BCUT2D eigenvalue weighted by atomic mass is 28.4. The summed E-state index contributed by atoms with van der Waals surface area (Å²) in [6, 6.07) is 0. The molecule has 0 spiro atoms. The predicted molar refractivity (Wildman–Crippen MR) is 30.1 cm³/mol. The van der Waals surface area contributed by atoms with E-state index in [2.05, 4.69) is 4.43 Å². The van der Waals surface area contributed by atoms with Gasteiger partial charge in [-0.15, -0.1) is 0 Å². The summed E-state index contributed by atoms with van der Waals surface area (Å²) in [5.74, 6) is 0. The minimum Gasteiger partial charge on any atom is -0.512 e. The zero-order valence-corrected chi connectivity index (χ0v) is 5.82. The summed E-state index contributed by atoms with van der Waals surface area (Å²) in [6.45, 7) is 7.20. The van der Waals surface area contributed by atoms with E-state index in [9.17, 15) is 4.79 Å². The maximum absolute atomic E-state index is 9.51. The molecule has 0 unspecified atom stereocenters. The maximum atomic E-state index is 9.51. The lowest BCUT2D eigenvalue weighted by Gasteiger charge is -2.09. The Morgan fingerprint density at radius 3 is 1.86 bits per heavy atom. The normalized spacial score (nSPS) is 10.7. The average Bonchev–Trinajstić information content (AvgIpc) is 1.30. The van der Waals surface area contributed by atoms with Gasteiger partial charge in [0.1, 0.15) is 0 Å². The average molecular weight is 117 g/mol. The molecule has 0 aliphatic rings. The van der Waals surface area contributed by atoms with Crippen molar-refractivity contribution < 1.29 is 9.22 Å². The molecule has 0 aliphatic carbocycles. The summed E-state index contributed by atoms with van der Waals surface area (Å²) < 4.78 is 4.56. The topological polar surface area (TPSA) is 26.3 Å². The van der Waals surface area contributed by atoms with Crippen LogP contribution in [0.3, 0.4) is 0 Å². The molecular formula is C4H9O2Si. The van der Waals surface area contributed by atoms with Crippen LogP contribution in [0.4, 0.5) is 0 Å². The molecule has 0 heterocycles. The molecular weight excluding hydrogens is 108 g/mol. The van der Waals surface area contributed by atoms with Gasteiger partial charge in [-0.2, -0.15) is 0 Å². The highest BCUT2D eigenvalue weighted by Crippen LogP contribution is 1.98. The summed E-state index contributed by atoms with van der Waals surface area (Å²) >= 11 is 0. The summed E-state index contributed by atoms with van der Waals surface area (Å²) in [5, 5.41) is 0. The van der Waals surface area contributed by atoms with Crippen molar-refractivity contribution in [2.24, 2.45) is 0 Å². The molecule has 1 radical (unpaired) electrons. The Kier molecular flexibility index (Phi) is 2.02. The van der Waals surface area contributed by atoms with E-state index in [4.69, 9.17) is 0 Å². The third-order valence-corrected chi connectivity index (χ3v) is 1.04. The largest absolute Gasteiger partial charge is 0.512 e. The minimum atomic E-state index is -1.58. The highest BCUT2D eigenvalue weighted by Gasteiger charge is 2.14. The molecule has 0 aromatic rings. The molecule has 0 rings (SSSR count). The van der Waals surface area contributed by atoms with Gasteiger partial charge in [-0.25, -0.2) is 4.79 Å². The first-order chi connectivity index (χ1) is 3.06. The van der Waals surface area contributed by atoms with Crippen molar-refractivity contribution in [3.05, 3.63) is 0 Å². The van der Waals surface area contributed by atoms with Crippen LogP contribution in [0.1, 0.15) is 0 Å². The van der Waals surface area contributed by atoms with Crippen molar-refractivity contribution >= 4 is 14.8 Å². The van der Waals surface area contributed by atoms with E-state index < -0.39 is 8.32 Å². The molecule has 0 N–H and O–H groups in total. The lowest BCUT2D eigenvalue weighted by Crippen LogP contribution is -2.23. The fraction of sp³-hybridized carbons (Fsp3) is 0.750. The number of hydrogen-bond acceptors (Lipinski definition) is 2. The van der Waals surface area contributed by atoms with Crippen LogP contribution in [0.15, 0.2) is 0 Å². The Morgan fingerprint density at radius 2 is 1.86 bits per heavy atom. The van der Waals surface area contributed by atoms with Crippen molar-refractivity contribution in [2.75, 3.05) is 0 Å². The molecule has 0 fully saturated rings. The Labute approximate surface area is 44.6 Å². The van der Waals surface area contributed by atoms with Crippen LogP contribution in [0.25, 0.3) is 0 Å². The molecule has 7 heavy (non-hydrogen) atoms. The Balaban J connectivity index is 3.34. The van der Waals surface area contributed by atoms with Gasteiger partial charge in [-0.05, 0) is 19.6 Å². The Bertz CT molecular complexity index is 64.6. The van der Waals surface area contributed by atoms with Gasteiger partial charge in [-0.1, -0.05) is 0 Å². The van der Waals surface area contributed by atoms with Crippen LogP contribution in [0, 0.1) is 0 Å². The van der Waals surface area contributed by atoms with E-state index >= 15 is 0 Å². The monoisotopic (exact) mass is 117 g/mol. The fourth-order valence-electron chi connectivity index (χ4n) is 0.125. The van der Waals surface area contributed by atoms with Gasteiger partial charge < -0.3 is 4.43 Å². The second kappa shape index (κ2) is 2.11. The predicted octanol–water partition coefficient (Wildman–Crippen LogP) is 0.905. The van der Waals surface area contributed by atoms with E-state index in [1.165, 1.54) is 6.47 Å². The van der Waals surface area contributed by atoms with Crippen molar-refractivity contribution in [3.63, 3.8) is 0 Å². The van der Waals surface area contributed by atoms with Gasteiger partial charge in [0.25, 0.3) is 0 Å². The quantitative estimate of drug-likeness (QED) is 0.502. The minimum absolute atomic E-state index is 1.42. The van der Waals surface area contributed by atoms with Gasteiger partial charge in [0.15, 0.2) is 0 Å². The first kappa shape index (κ1) is 6.69. The van der Waals surface area contributed by atoms with Crippen molar-refractivity contribution in [2.45, 2.75) is 19.6 Å². The molecule has 2 nitrogen and oxygen atoms in total. The smallest absolute Gasteiger partial charge is 0.402 e. The first-order valence-corrected chi connectivity index (χ1v) is 5.52. The van der Waals surface area contributed by atoms with Crippen LogP contribution in [-0.4, -0.2) is 14.8 Å². The molecule has 41 valence electrons. The number of carbonyl (C=O) groups excluding carboxylic acids is 1. The van der Waals surface area contributed by atoms with Gasteiger partial charge in [0.2, 0.25) is 8.32 Å². The van der Waals surface area contributed by atoms with Crippen LogP contribution in [0.5, 0.6) is 0 Å². The van der Waals surface area contributed by atoms with E-state index in [-0.39, 0.29) is 0 Å². The lowest BCUT2D eigenvalue weighted by molar-refractivity contribution is 0.441. The Hall–Kier alpha value is -0.313. The summed E-state index contributed by atoms with van der Waals surface area (Å²) in [5.41, 5.74) is 0. The molecule has 0 bridgehead atoms. The molecule has 0 amide bonds. The number of rotatable bonds is 2. The van der Waals surface area contributed by atoms with Gasteiger partial charge >= 0.3 is 6.47 Å².